The molecule has 0 saturated carbocycles. The van der Waals surface area contributed by atoms with Gasteiger partial charge in [-0.1, -0.05) is 29.5 Å². The van der Waals surface area contributed by atoms with E-state index in [0.29, 0.717) is 36.8 Å². The van der Waals surface area contributed by atoms with E-state index in [1.807, 2.05) is 30.3 Å². The van der Waals surface area contributed by atoms with Crippen LogP contribution in [0.5, 0.6) is 5.75 Å². The Balaban J connectivity index is 1.43. The summed E-state index contributed by atoms with van der Waals surface area (Å²) in [5, 5.41) is 11.4. The van der Waals surface area contributed by atoms with Gasteiger partial charge in [-0.25, -0.2) is 4.68 Å². The molecule has 0 unspecified atom stereocenters. The first kappa shape index (κ1) is 18.6. The molecular weight excluding hydrogens is 344 g/mol. The highest BCUT2D eigenvalue weighted by atomic mass is 16.5. The molecule has 1 aromatic heterocycles. The summed E-state index contributed by atoms with van der Waals surface area (Å²) >= 11 is 0. The third-order valence-corrected chi connectivity index (χ3v) is 4.30. The maximum Gasteiger partial charge on any atom is 0.277 e. The first-order chi connectivity index (χ1) is 13.2. The van der Waals surface area contributed by atoms with Gasteiger partial charge in [-0.15, -0.1) is 5.10 Å². The van der Waals surface area contributed by atoms with E-state index >= 15 is 0 Å². The van der Waals surface area contributed by atoms with E-state index in [1.54, 1.807) is 25.3 Å². The number of nitrogens with zero attached hydrogens (tertiary/aromatic N) is 3. The molecule has 140 valence electrons. The van der Waals surface area contributed by atoms with Gasteiger partial charge < -0.3 is 10.1 Å². The molecule has 3 rings (SSSR count). The number of fused-ring (bicyclic) bond motifs is 1. The molecule has 0 fully saturated rings. The lowest BCUT2D eigenvalue weighted by molar-refractivity contribution is -0.121. The van der Waals surface area contributed by atoms with Gasteiger partial charge in [0.2, 0.25) is 5.91 Å². The Bertz CT molecular complexity index is 967. The number of hydrogen-bond donors (Lipinski definition) is 1. The lowest BCUT2D eigenvalue weighted by Gasteiger charge is -2.07. The Hall–Kier alpha value is -3.22. The van der Waals surface area contributed by atoms with Crippen molar-refractivity contribution in [3.63, 3.8) is 0 Å². The van der Waals surface area contributed by atoms with Crippen LogP contribution in [0.2, 0.25) is 0 Å². The van der Waals surface area contributed by atoms with Crippen LogP contribution in [0.15, 0.2) is 53.3 Å². The van der Waals surface area contributed by atoms with Crippen molar-refractivity contribution < 1.29 is 9.53 Å². The topological polar surface area (TPSA) is 86.1 Å². The molecule has 0 saturated heterocycles. The average Bonchev–Trinajstić information content (AvgIpc) is 2.70. The molecule has 7 heteroatoms. The molecule has 0 aliphatic carbocycles. The number of amides is 1. The Morgan fingerprint density at radius 2 is 1.93 bits per heavy atom. The van der Waals surface area contributed by atoms with E-state index in [2.05, 4.69) is 15.6 Å². The second-order valence-corrected chi connectivity index (χ2v) is 6.19. The number of carbonyl (C=O) groups is 1. The molecular formula is C20H22N4O3. The van der Waals surface area contributed by atoms with Crippen LogP contribution in [0.1, 0.15) is 18.4 Å². The number of methoxy groups -OCH3 is 1. The van der Waals surface area contributed by atoms with Crippen LogP contribution in [-0.4, -0.2) is 34.6 Å². The summed E-state index contributed by atoms with van der Waals surface area (Å²) in [6.45, 7) is 0.934. The Morgan fingerprint density at radius 1 is 1.15 bits per heavy atom. The standard InChI is InChI=1S/C20H22N4O3/c1-27-16-10-8-15(9-11-16)12-13-21-19(25)7-4-14-24-20(26)17-5-2-3-6-18(17)22-23-24/h2-3,5-6,8-11H,4,7,12-14H2,1H3,(H,21,25). The summed E-state index contributed by atoms with van der Waals surface area (Å²) < 4.78 is 6.43. The molecule has 0 aliphatic heterocycles. The third kappa shape index (κ3) is 4.91. The zero-order valence-corrected chi connectivity index (χ0v) is 15.2. The van der Waals surface area contributed by atoms with Crippen molar-refractivity contribution in [3.05, 3.63) is 64.4 Å². The number of ether oxygens (including phenoxy) is 1. The SMILES string of the molecule is COc1ccc(CCNC(=O)CCCn2nnc3ccccc3c2=O)cc1. The van der Waals surface area contributed by atoms with Crippen molar-refractivity contribution in [1.82, 2.24) is 20.3 Å². The van der Waals surface area contributed by atoms with E-state index in [4.69, 9.17) is 4.74 Å². The maximum atomic E-state index is 12.3. The molecule has 1 amide bonds. The molecule has 0 spiro atoms. The van der Waals surface area contributed by atoms with Crippen molar-refractivity contribution in [2.45, 2.75) is 25.8 Å². The van der Waals surface area contributed by atoms with Crippen LogP contribution in [0.4, 0.5) is 0 Å². The van der Waals surface area contributed by atoms with Crippen molar-refractivity contribution in [3.8, 4) is 5.75 Å². The second kappa shape index (κ2) is 8.93. The van der Waals surface area contributed by atoms with Crippen molar-refractivity contribution in [1.29, 1.82) is 0 Å². The number of hydrogen-bond acceptors (Lipinski definition) is 5. The second-order valence-electron chi connectivity index (χ2n) is 6.19. The number of carbonyl (C=O) groups excluding carboxylic acids is 1. The summed E-state index contributed by atoms with van der Waals surface area (Å²) in [4.78, 5) is 24.3. The number of aromatic nitrogens is 3. The predicted octanol–water partition coefficient (Wildman–Crippen LogP) is 1.94. The highest BCUT2D eigenvalue weighted by molar-refractivity contribution is 5.76. The largest absolute Gasteiger partial charge is 0.497 e. The fourth-order valence-electron chi connectivity index (χ4n) is 2.79. The maximum absolute atomic E-state index is 12.3. The van der Waals surface area contributed by atoms with Gasteiger partial charge in [0.1, 0.15) is 11.3 Å². The average molecular weight is 366 g/mol. The summed E-state index contributed by atoms with van der Waals surface area (Å²) in [6.07, 6.45) is 1.62. The lowest BCUT2D eigenvalue weighted by atomic mass is 10.1. The summed E-state index contributed by atoms with van der Waals surface area (Å²) in [6, 6.07) is 14.9. The summed E-state index contributed by atoms with van der Waals surface area (Å²) in [5.41, 5.74) is 1.53. The van der Waals surface area contributed by atoms with Crippen LogP contribution >= 0.6 is 0 Å². The third-order valence-electron chi connectivity index (χ3n) is 4.30. The van der Waals surface area contributed by atoms with Crippen LogP contribution in [-0.2, 0) is 17.8 Å². The van der Waals surface area contributed by atoms with E-state index in [1.165, 1.54) is 4.68 Å². The first-order valence-corrected chi connectivity index (χ1v) is 8.89. The van der Waals surface area contributed by atoms with E-state index in [9.17, 15) is 9.59 Å². The summed E-state index contributed by atoms with van der Waals surface area (Å²) in [5.74, 6) is 0.778. The van der Waals surface area contributed by atoms with Gasteiger partial charge in [-0.2, -0.15) is 0 Å². The first-order valence-electron chi connectivity index (χ1n) is 8.89. The van der Waals surface area contributed by atoms with Gasteiger partial charge in [0, 0.05) is 19.5 Å². The van der Waals surface area contributed by atoms with Gasteiger partial charge >= 0.3 is 0 Å². The number of nitrogens with one attached hydrogen (secondary N) is 1. The number of rotatable bonds is 8. The van der Waals surface area contributed by atoms with Gasteiger partial charge in [0.25, 0.3) is 5.56 Å². The Morgan fingerprint density at radius 3 is 2.70 bits per heavy atom. The normalized spacial score (nSPS) is 10.7. The molecule has 1 N–H and O–H groups in total. The van der Waals surface area contributed by atoms with Gasteiger partial charge in [0.05, 0.1) is 12.5 Å². The van der Waals surface area contributed by atoms with Gasteiger partial charge in [0.15, 0.2) is 0 Å². The number of aryl methyl sites for hydroxylation is 1. The molecule has 27 heavy (non-hydrogen) atoms. The van der Waals surface area contributed by atoms with Crippen LogP contribution in [0.25, 0.3) is 10.9 Å². The Kier molecular flexibility index (Phi) is 6.14. The quantitative estimate of drug-likeness (QED) is 0.658. The van der Waals surface area contributed by atoms with Crippen molar-refractivity contribution in [2.24, 2.45) is 0 Å². The molecule has 0 radical (unpaired) electrons. The van der Waals surface area contributed by atoms with E-state index in [0.717, 1.165) is 17.7 Å². The molecule has 0 bridgehead atoms. The summed E-state index contributed by atoms with van der Waals surface area (Å²) in [7, 11) is 1.63. The monoisotopic (exact) mass is 366 g/mol. The smallest absolute Gasteiger partial charge is 0.277 e. The number of benzene rings is 2. The Labute approximate surface area is 157 Å². The minimum absolute atomic E-state index is 0.0368. The molecule has 0 atom stereocenters. The van der Waals surface area contributed by atoms with Crippen LogP contribution in [0.3, 0.4) is 0 Å². The van der Waals surface area contributed by atoms with Crippen molar-refractivity contribution in [2.75, 3.05) is 13.7 Å². The predicted molar refractivity (Wildman–Crippen MR) is 103 cm³/mol. The fraction of sp³-hybridized carbons (Fsp3) is 0.300. The minimum Gasteiger partial charge on any atom is -0.497 e. The van der Waals surface area contributed by atoms with E-state index in [-0.39, 0.29) is 11.5 Å². The molecule has 7 nitrogen and oxygen atoms in total. The van der Waals surface area contributed by atoms with Crippen molar-refractivity contribution >= 4 is 16.8 Å². The molecule has 1 heterocycles. The highest BCUT2D eigenvalue weighted by Crippen LogP contribution is 2.11. The zero-order chi connectivity index (χ0) is 19.1. The molecule has 2 aromatic carbocycles. The van der Waals surface area contributed by atoms with Gasteiger partial charge in [-0.05, 0) is 42.7 Å². The fourth-order valence-corrected chi connectivity index (χ4v) is 2.79. The van der Waals surface area contributed by atoms with Crippen LogP contribution in [0, 0.1) is 0 Å². The lowest BCUT2D eigenvalue weighted by Crippen LogP contribution is -2.27. The highest BCUT2D eigenvalue weighted by Gasteiger charge is 2.06. The molecule has 3 aromatic rings. The minimum atomic E-state index is -0.180. The van der Waals surface area contributed by atoms with Gasteiger partial charge in [-0.3, -0.25) is 9.59 Å². The van der Waals surface area contributed by atoms with E-state index < -0.39 is 0 Å². The zero-order valence-electron chi connectivity index (χ0n) is 15.2. The molecule has 0 aliphatic rings. The van der Waals surface area contributed by atoms with Crippen LogP contribution < -0.4 is 15.6 Å².